The number of aliphatic hydroxyl groups excluding tert-OH is 3. The van der Waals surface area contributed by atoms with E-state index in [1.54, 1.807) is 6.07 Å². The second-order valence-corrected chi connectivity index (χ2v) is 3.86. The molecule has 15 heavy (non-hydrogen) atoms. The quantitative estimate of drug-likeness (QED) is 0.416. The first kappa shape index (κ1) is 14.4. The maximum atomic E-state index is 9.49. The van der Waals surface area contributed by atoms with Crippen LogP contribution in [-0.4, -0.2) is 33.6 Å². The fraction of sp³-hybridized carbons (Fsp3) is 0.909. The van der Waals surface area contributed by atoms with E-state index in [1.165, 1.54) is 0 Å². The summed E-state index contributed by atoms with van der Waals surface area (Å²) in [6.07, 6.45) is 1.60. The fourth-order valence-corrected chi connectivity index (χ4v) is 1.41. The Balaban J connectivity index is 3.60. The Kier molecular flexibility index (Phi) is 8.30. The number of hydrogen-bond acceptors (Lipinski definition) is 4. The van der Waals surface area contributed by atoms with Crippen LogP contribution < -0.4 is 0 Å². The molecule has 0 amide bonds. The topological polar surface area (TPSA) is 84.5 Å². The molecule has 0 saturated carbocycles. The molecule has 0 spiro atoms. The summed E-state index contributed by atoms with van der Waals surface area (Å²) in [5.41, 5.74) is 0. The van der Waals surface area contributed by atoms with Crippen molar-refractivity contribution in [2.75, 3.05) is 0 Å². The molecule has 0 fully saturated rings. The monoisotopic (exact) mass is 215 g/mol. The first-order chi connectivity index (χ1) is 7.11. The van der Waals surface area contributed by atoms with Crippen LogP contribution in [0.15, 0.2) is 0 Å². The zero-order chi connectivity index (χ0) is 11.7. The molecular weight excluding hydrogens is 194 g/mol. The van der Waals surface area contributed by atoms with Crippen molar-refractivity contribution in [1.29, 1.82) is 5.26 Å². The summed E-state index contributed by atoms with van der Waals surface area (Å²) < 4.78 is 0. The van der Waals surface area contributed by atoms with E-state index in [9.17, 15) is 10.2 Å². The van der Waals surface area contributed by atoms with Crippen molar-refractivity contribution in [2.45, 2.75) is 63.8 Å². The van der Waals surface area contributed by atoms with Gasteiger partial charge in [-0.3, -0.25) is 0 Å². The molecule has 0 aliphatic heterocycles. The Bertz CT molecular complexity index is 191. The van der Waals surface area contributed by atoms with Crippen LogP contribution in [0, 0.1) is 11.3 Å². The van der Waals surface area contributed by atoms with Gasteiger partial charge in [0.15, 0.2) is 0 Å². The highest BCUT2D eigenvalue weighted by Gasteiger charge is 2.19. The third kappa shape index (κ3) is 7.32. The SMILES string of the molecule is CCCCCC[C@@H](O)[C@@H](O)CC(O)C#N. The summed E-state index contributed by atoms with van der Waals surface area (Å²) in [4.78, 5) is 0. The maximum absolute atomic E-state index is 9.49. The molecule has 88 valence electrons. The van der Waals surface area contributed by atoms with E-state index in [1.807, 2.05) is 0 Å². The maximum Gasteiger partial charge on any atom is 0.143 e. The number of nitrogens with zero attached hydrogens (tertiary/aromatic N) is 1. The molecular formula is C11H21NO3. The predicted molar refractivity (Wildman–Crippen MR) is 57.0 cm³/mol. The zero-order valence-corrected chi connectivity index (χ0v) is 9.26. The van der Waals surface area contributed by atoms with Crippen molar-refractivity contribution in [3.63, 3.8) is 0 Å². The standard InChI is InChI=1S/C11H21NO3/c1-2-3-4-5-6-10(14)11(15)7-9(13)8-12/h9-11,13-15H,2-7H2,1H3/t9?,10-,11+/m1/s1. The molecule has 4 heteroatoms. The Labute approximate surface area is 91.2 Å². The molecule has 0 radical (unpaired) electrons. The van der Waals surface area contributed by atoms with Gasteiger partial charge in [0.25, 0.3) is 0 Å². The van der Waals surface area contributed by atoms with Gasteiger partial charge >= 0.3 is 0 Å². The van der Waals surface area contributed by atoms with Crippen LogP contribution in [0.5, 0.6) is 0 Å². The highest BCUT2D eigenvalue weighted by molar-refractivity contribution is 4.85. The second kappa shape index (κ2) is 8.66. The molecule has 0 bridgehead atoms. The van der Waals surface area contributed by atoms with E-state index in [0.717, 1.165) is 25.7 Å². The fourth-order valence-electron chi connectivity index (χ4n) is 1.41. The molecule has 3 N–H and O–H groups in total. The normalized spacial score (nSPS) is 16.7. The van der Waals surface area contributed by atoms with Crippen molar-refractivity contribution in [2.24, 2.45) is 0 Å². The Morgan fingerprint density at radius 1 is 1.07 bits per heavy atom. The van der Waals surface area contributed by atoms with Crippen LogP contribution in [0.3, 0.4) is 0 Å². The average molecular weight is 215 g/mol. The molecule has 0 aliphatic carbocycles. The van der Waals surface area contributed by atoms with Crippen LogP contribution >= 0.6 is 0 Å². The van der Waals surface area contributed by atoms with Crippen molar-refractivity contribution in [3.05, 3.63) is 0 Å². The van der Waals surface area contributed by atoms with Crippen molar-refractivity contribution in [3.8, 4) is 6.07 Å². The molecule has 1 unspecified atom stereocenters. The van der Waals surface area contributed by atoms with Crippen molar-refractivity contribution in [1.82, 2.24) is 0 Å². The van der Waals surface area contributed by atoms with E-state index in [4.69, 9.17) is 10.4 Å². The Morgan fingerprint density at radius 2 is 1.73 bits per heavy atom. The smallest absolute Gasteiger partial charge is 0.143 e. The lowest BCUT2D eigenvalue weighted by Crippen LogP contribution is -2.29. The molecule has 3 atom stereocenters. The van der Waals surface area contributed by atoms with E-state index in [0.29, 0.717) is 6.42 Å². The molecule has 0 aliphatic rings. The third-order valence-electron chi connectivity index (χ3n) is 2.41. The summed E-state index contributed by atoms with van der Waals surface area (Å²) in [5, 5.41) is 36.2. The summed E-state index contributed by atoms with van der Waals surface area (Å²) in [6, 6.07) is 1.61. The third-order valence-corrected chi connectivity index (χ3v) is 2.41. The van der Waals surface area contributed by atoms with Gasteiger partial charge in [0.1, 0.15) is 6.10 Å². The molecule has 0 aromatic heterocycles. The van der Waals surface area contributed by atoms with Gasteiger partial charge in [0.05, 0.1) is 18.3 Å². The minimum Gasteiger partial charge on any atom is -0.390 e. The largest absolute Gasteiger partial charge is 0.390 e. The lowest BCUT2D eigenvalue weighted by Gasteiger charge is -2.17. The zero-order valence-electron chi connectivity index (χ0n) is 9.26. The van der Waals surface area contributed by atoms with Gasteiger partial charge in [-0.15, -0.1) is 0 Å². The van der Waals surface area contributed by atoms with Gasteiger partial charge < -0.3 is 15.3 Å². The first-order valence-electron chi connectivity index (χ1n) is 5.55. The van der Waals surface area contributed by atoms with E-state index in [-0.39, 0.29) is 6.42 Å². The lowest BCUT2D eigenvalue weighted by molar-refractivity contribution is -0.00813. The molecule has 4 nitrogen and oxygen atoms in total. The molecule has 0 saturated heterocycles. The number of rotatable bonds is 8. The van der Waals surface area contributed by atoms with Gasteiger partial charge in [-0.25, -0.2) is 0 Å². The van der Waals surface area contributed by atoms with Crippen LogP contribution in [0.2, 0.25) is 0 Å². The molecule has 0 aromatic carbocycles. The average Bonchev–Trinajstić information content (AvgIpc) is 2.23. The summed E-state index contributed by atoms with van der Waals surface area (Å²) in [5.74, 6) is 0. The number of unbranched alkanes of at least 4 members (excludes halogenated alkanes) is 3. The van der Waals surface area contributed by atoms with Crippen LogP contribution in [0.4, 0.5) is 0 Å². The summed E-state index contributed by atoms with van der Waals surface area (Å²) in [7, 11) is 0. The van der Waals surface area contributed by atoms with Gasteiger partial charge in [0, 0.05) is 6.42 Å². The summed E-state index contributed by atoms with van der Waals surface area (Å²) in [6.45, 7) is 2.11. The minimum absolute atomic E-state index is 0.0779. The highest BCUT2D eigenvalue weighted by Crippen LogP contribution is 2.11. The summed E-state index contributed by atoms with van der Waals surface area (Å²) >= 11 is 0. The van der Waals surface area contributed by atoms with Gasteiger partial charge in [-0.1, -0.05) is 32.6 Å². The van der Waals surface area contributed by atoms with Crippen molar-refractivity contribution >= 4 is 0 Å². The minimum atomic E-state index is -1.19. The van der Waals surface area contributed by atoms with Gasteiger partial charge in [0.2, 0.25) is 0 Å². The van der Waals surface area contributed by atoms with E-state index < -0.39 is 18.3 Å². The van der Waals surface area contributed by atoms with Gasteiger partial charge in [-0.2, -0.15) is 5.26 Å². The highest BCUT2D eigenvalue weighted by atomic mass is 16.3. The van der Waals surface area contributed by atoms with Crippen LogP contribution in [0.1, 0.15) is 45.4 Å². The Hall–Kier alpha value is -0.630. The van der Waals surface area contributed by atoms with E-state index in [2.05, 4.69) is 6.92 Å². The molecule has 0 rings (SSSR count). The van der Waals surface area contributed by atoms with Crippen LogP contribution in [-0.2, 0) is 0 Å². The van der Waals surface area contributed by atoms with Crippen LogP contribution in [0.25, 0.3) is 0 Å². The predicted octanol–water partition coefficient (Wildman–Crippen LogP) is 0.953. The second-order valence-electron chi connectivity index (χ2n) is 3.86. The Morgan fingerprint density at radius 3 is 2.27 bits per heavy atom. The van der Waals surface area contributed by atoms with Crippen molar-refractivity contribution < 1.29 is 15.3 Å². The van der Waals surface area contributed by atoms with E-state index >= 15 is 0 Å². The molecule has 0 heterocycles. The molecule has 0 aromatic rings. The lowest BCUT2D eigenvalue weighted by atomic mass is 10.0. The number of nitriles is 1. The van der Waals surface area contributed by atoms with Gasteiger partial charge in [-0.05, 0) is 6.42 Å². The number of aliphatic hydroxyl groups is 3. The first-order valence-corrected chi connectivity index (χ1v) is 5.55. The number of hydrogen-bond donors (Lipinski definition) is 3.